The van der Waals surface area contributed by atoms with Crippen molar-refractivity contribution in [3.8, 4) is 0 Å². The van der Waals surface area contributed by atoms with Gasteiger partial charge in [0.25, 0.3) is 0 Å². The number of hydrogen-bond acceptors (Lipinski definition) is 6. The highest BCUT2D eigenvalue weighted by Gasteiger charge is 2.25. The van der Waals surface area contributed by atoms with Crippen molar-refractivity contribution in [1.29, 1.82) is 0 Å². The van der Waals surface area contributed by atoms with Gasteiger partial charge in [0.2, 0.25) is 11.1 Å². The number of thioether (sulfide) groups is 1. The van der Waals surface area contributed by atoms with Gasteiger partial charge in [-0.1, -0.05) is 36.7 Å². The van der Waals surface area contributed by atoms with Gasteiger partial charge in [0.1, 0.15) is 5.82 Å². The van der Waals surface area contributed by atoms with E-state index in [1.807, 2.05) is 20.5 Å². The van der Waals surface area contributed by atoms with Gasteiger partial charge in [-0.15, -0.1) is 5.10 Å². The Morgan fingerprint density at radius 2 is 1.89 bits per heavy atom. The van der Waals surface area contributed by atoms with Gasteiger partial charge in [-0.05, 0) is 35.4 Å². The first-order chi connectivity index (χ1) is 13.2. The lowest BCUT2D eigenvalue weighted by atomic mass is 10.2. The standard InChI is InChI=1S/C18H23FN6OS/c19-15-7-3-4-8-16(15)23-9-11-24(12-10-23)17(26)13-27-18-20-21-22-25(18)14-5-1-2-6-14/h3-4,7-8,14H,1-2,5-6,9-13H2. The van der Waals surface area contributed by atoms with Gasteiger partial charge < -0.3 is 9.80 Å². The minimum absolute atomic E-state index is 0.0779. The number of tetrazole rings is 1. The van der Waals surface area contributed by atoms with Crippen molar-refractivity contribution in [2.45, 2.75) is 36.9 Å². The van der Waals surface area contributed by atoms with E-state index in [0.717, 1.165) is 18.0 Å². The van der Waals surface area contributed by atoms with E-state index in [0.29, 0.717) is 43.7 Å². The molecule has 1 saturated carbocycles. The average molecular weight is 390 g/mol. The molecule has 2 aromatic rings. The van der Waals surface area contributed by atoms with Gasteiger partial charge in [0.15, 0.2) is 0 Å². The Morgan fingerprint density at radius 1 is 1.15 bits per heavy atom. The fourth-order valence-electron chi connectivity index (χ4n) is 3.78. The van der Waals surface area contributed by atoms with E-state index < -0.39 is 0 Å². The third-order valence-corrected chi connectivity index (χ3v) is 6.20. The van der Waals surface area contributed by atoms with E-state index in [9.17, 15) is 9.18 Å². The topological polar surface area (TPSA) is 67.2 Å². The van der Waals surface area contributed by atoms with Gasteiger partial charge in [0.05, 0.1) is 17.5 Å². The maximum absolute atomic E-state index is 13.9. The van der Waals surface area contributed by atoms with E-state index in [-0.39, 0.29) is 11.7 Å². The highest BCUT2D eigenvalue weighted by molar-refractivity contribution is 7.99. The number of halogens is 1. The van der Waals surface area contributed by atoms with Crippen LogP contribution < -0.4 is 4.90 Å². The van der Waals surface area contributed by atoms with Crippen molar-refractivity contribution in [2.24, 2.45) is 0 Å². The second kappa shape index (κ2) is 8.24. The number of rotatable bonds is 5. The molecule has 0 spiro atoms. The van der Waals surface area contributed by atoms with Crippen molar-refractivity contribution < 1.29 is 9.18 Å². The van der Waals surface area contributed by atoms with E-state index in [1.165, 1.54) is 30.7 Å². The molecule has 0 bridgehead atoms. The molecule has 2 aliphatic rings. The van der Waals surface area contributed by atoms with E-state index >= 15 is 0 Å². The monoisotopic (exact) mass is 390 g/mol. The number of carbonyl (C=O) groups excluding carboxylic acids is 1. The second-order valence-electron chi connectivity index (χ2n) is 6.95. The normalized spacial score (nSPS) is 18.3. The molecule has 144 valence electrons. The van der Waals surface area contributed by atoms with Crippen LogP contribution >= 0.6 is 11.8 Å². The van der Waals surface area contributed by atoms with E-state index in [2.05, 4.69) is 15.5 Å². The van der Waals surface area contributed by atoms with Crippen LogP contribution in [0.15, 0.2) is 29.4 Å². The van der Waals surface area contributed by atoms with Crippen molar-refractivity contribution in [3.63, 3.8) is 0 Å². The minimum Gasteiger partial charge on any atom is -0.366 e. The van der Waals surface area contributed by atoms with E-state index in [1.54, 1.807) is 12.1 Å². The number of para-hydroxylation sites is 1. The molecule has 27 heavy (non-hydrogen) atoms. The summed E-state index contributed by atoms with van der Waals surface area (Å²) in [5, 5.41) is 12.7. The van der Waals surface area contributed by atoms with Gasteiger partial charge in [-0.2, -0.15) is 0 Å². The summed E-state index contributed by atoms with van der Waals surface area (Å²) in [5.41, 5.74) is 0.606. The van der Waals surface area contributed by atoms with Crippen LogP contribution in [0.5, 0.6) is 0 Å². The third-order valence-electron chi connectivity index (χ3n) is 5.28. The molecule has 9 heteroatoms. The molecule has 1 aliphatic heterocycles. The van der Waals surface area contributed by atoms with Crippen molar-refractivity contribution in [1.82, 2.24) is 25.1 Å². The number of carbonyl (C=O) groups is 1. The predicted molar refractivity (Wildman–Crippen MR) is 101 cm³/mol. The molecule has 1 aromatic heterocycles. The molecule has 7 nitrogen and oxygen atoms in total. The molecule has 1 aliphatic carbocycles. The van der Waals surface area contributed by atoms with Crippen LogP contribution in [0.3, 0.4) is 0 Å². The number of amides is 1. The Morgan fingerprint density at radius 3 is 2.63 bits per heavy atom. The maximum atomic E-state index is 13.9. The van der Waals surface area contributed by atoms with Crippen molar-refractivity contribution >= 4 is 23.4 Å². The summed E-state index contributed by atoms with van der Waals surface area (Å²) in [5.74, 6) is 0.188. The second-order valence-corrected chi connectivity index (χ2v) is 7.89. The van der Waals surface area contributed by atoms with Gasteiger partial charge in [-0.3, -0.25) is 4.79 Å². The quantitative estimate of drug-likeness (QED) is 0.730. The number of aromatic nitrogens is 4. The first kappa shape index (κ1) is 18.2. The van der Waals surface area contributed by atoms with Crippen LogP contribution in [-0.2, 0) is 4.79 Å². The molecule has 1 saturated heterocycles. The zero-order chi connectivity index (χ0) is 18.6. The Kier molecular flexibility index (Phi) is 5.56. The number of hydrogen-bond donors (Lipinski definition) is 0. The predicted octanol–water partition coefficient (Wildman–Crippen LogP) is 2.37. The molecule has 0 unspecified atom stereocenters. The number of piperazine rings is 1. The maximum Gasteiger partial charge on any atom is 0.233 e. The summed E-state index contributed by atoms with van der Waals surface area (Å²) in [4.78, 5) is 16.4. The smallest absolute Gasteiger partial charge is 0.233 e. The van der Waals surface area contributed by atoms with Crippen LogP contribution in [0.2, 0.25) is 0 Å². The molecule has 4 rings (SSSR count). The molecular formula is C18H23FN6OS. The Bertz CT molecular complexity index is 786. The fraction of sp³-hybridized carbons (Fsp3) is 0.556. The summed E-state index contributed by atoms with van der Waals surface area (Å²) in [6, 6.07) is 7.14. The molecule has 2 heterocycles. The summed E-state index contributed by atoms with van der Waals surface area (Å²) >= 11 is 1.40. The molecule has 0 radical (unpaired) electrons. The van der Waals surface area contributed by atoms with Crippen LogP contribution in [-0.4, -0.2) is 62.9 Å². The lowest BCUT2D eigenvalue weighted by molar-refractivity contribution is -0.128. The Hall–Kier alpha value is -2.16. The summed E-state index contributed by atoms with van der Waals surface area (Å²) < 4.78 is 15.8. The highest BCUT2D eigenvalue weighted by Crippen LogP contribution is 2.31. The van der Waals surface area contributed by atoms with Crippen LogP contribution in [0.25, 0.3) is 0 Å². The number of nitrogens with zero attached hydrogens (tertiary/aromatic N) is 6. The number of anilines is 1. The zero-order valence-corrected chi connectivity index (χ0v) is 15.9. The molecule has 2 fully saturated rings. The first-order valence-corrected chi connectivity index (χ1v) is 10.4. The number of benzene rings is 1. The Balaban J connectivity index is 1.29. The average Bonchev–Trinajstić information content (AvgIpc) is 3.38. The SMILES string of the molecule is O=C(CSc1nnnn1C1CCCC1)N1CCN(c2ccccc2F)CC1. The lowest BCUT2D eigenvalue weighted by Gasteiger charge is -2.36. The highest BCUT2D eigenvalue weighted by atomic mass is 32.2. The van der Waals surface area contributed by atoms with Gasteiger partial charge in [0, 0.05) is 26.2 Å². The van der Waals surface area contributed by atoms with Crippen molar-refractivity contribution in [3.05, 3.63) is 30.1 Å². The fourth-order valence-corrected chi connectivity index (χ4v) is 4.63. The van der Waals surface area contributed by atoms with Gasteiger partial charge in [-0.25, -0.2) is 9.07 Å². The zero-order valence-electron chi connectivity index (χ0n) is 15.1. The van der Waals surface area contributed by atoms with Gasteiger partial charge >= 0.3 is 0 Å². The van der Waals surface area contributed by atoms with Crippen LogP contribution in [0, 0.1) is 5.82 Å². The van der Waals surface area contributed by atoms with Crippen molar-refractivity contribution in [2.75, 3.05) is 36.8 Å². The minimum atomic E-state index is -0.216. The molecule has 0 atom stereocenters. The summed E-state index contributed by atoms with van der Waals surface area (Å²) in [6.07, 6.45) is 4.62. The van der Waals surface area contributed by atoms with Crippen LogP contribution in [0.1, 0.15) is 31.7 Å². The molecule has 1 aromatic carbocycles. The molecule has 0 N–H and O–H groups in total. The lowest BCUT2D eigenvalue weighted by Crippen LogP contribution is -2.49. The third kappa shape index (κ3) is 4.07. The molecule has 1 amide bonds. The summed E-state index contributed by atoms with van der Waals surface area (Å²) in [7, 11) is 0. The summed E-state index contributed by atoms with van der Waals surface area (Å²) in [6.45, 7) is 2.47. The molecular weight excluding hydrogens is 367 g/mol. The Labute approximate surface area is 161 Å². The van der Waals surface area contributed by atoms with E-state index in [4.69, 9.17) is 0 Å². The van der Waals surface area contributed by atoms with Crippen LogP contribution in [0.4, 0.5) is 10.1 Å². The largest absolute Gasteiger partial charge is 0.366 e. The first-order valence-electron chi connectivity index (χ1n) is 9.40.